The van der Waals surface area contributed by atoms with Crippen molar-refractivity contribution < 1.29 is 4.42 Å². The number of benzene rings is 10. The standard InChI is InChI=1S/C50H30O/c1-4-16-36-31(12-1)15-11-23-37(36)33-24-26-34(27-25-33)46-40-19-7-9-21-42(40)47(43-22-10-8-20-41(43)46)45-30-35-14-3-6-18-39(35)50-48(45)44-29-28-32-13-2-5-17-38(32)49(44)51-50/h1-30H. The van der Waals surface area contributed by atoms with Crippen molar-refractivity contribution in [3.63, 3.8) is 0 Å². The number of fused-ring (bicyclic) bond motifs is 10. The summed E-state index contributed by atoms with van der Waals surface area (Å²) in [7, 11) is 0. The van der Waals surface area contributed by atoms with Gasteiger partial charge >= 0.3 is 0 Å². The fourth-order valence-electron chi connectivity index (χ4n) is 8.56. The molecule has 0 N–H and O–H groups in total. The van der Waals surface area contributed by atoms with E-state index in [4.69, 9.17) is 4.42 Å². The van der Waals surface area contributed by atoms with E-state index in [9.17, 15) is 0 Å². The average Bonchev–Trinajstić information content (AvgIpc) is 3.60. The molecule has 11 rings (SSSR count). The Kier molecular flexibility index (Phi) is 6.02. The summed E-state index contributed by atoms with van der Waals surface area (Å²) < 4.78 is 6.93. The van der Waals surface area contributed by atoms with E-state index in [2.05, 4.69) is 182 Å². The monoisotopic (exact) mass is 646 g/mol. The van der Waals surface area contributed by atoms with Crippen molar-refractivity contribution in [3.8, 4) is 33.4 Å². The number of hydrogen-bond acceptors (Lipinski definition) is 1. The molecule has 0 spiro atoms. The van der Waals surface area contributed by atoms with Crippen LogP contribution in [0.3, 0.4) is 0 Å². The second-order valence-corrected chi connectivity index (χ2v) is 13.6. The summed E-state index contributed by atoms with van der Waals surface area (Å²) >= 11 is 0. The van der Waals surface area contributed by atoms with Crippen LogP contribution in [0.5, 0.6) is 0 Å². The zero-order chi connectivity index (χ0) is 33.5. The van der Waals surface area contributed by atoms with Gasteiger partial charge in [0.1, 0.15) is 11.2 Å². The van der Waals surface area contributed by atoms with E-state index < -0.39 is 0 Å². The van der Waals surface area contributed by atoms with Gasteiger partial charge < -0.3 is 4.42 Å². The lowest BCUT2D eigenvalue weighted by molar-refractivity contribution is 0.676. The van der Waals surface area contributed by atoms with Crippen LogP contribution in [0.4, 0.5) is 0 Å². The fraction of sp³-hybridized carbons (Fsp3) is 0. The van der Waals surface area contributed by atoms with Gasteiger partial charge in [-0.05, 0) is 88.6 Å². The first kappa shape index (κ1) is 28.2. The molecule has 51 heavy (non-hydrogen) atoms. The summed E-state index contributed by atoms with van der Waals surface area (Å²) in [6.45, 7) is 0. The van der Waals surface area contributed by atoms with Crippen LogP contribution in [0.15, 0.2) is 186 Å². The molecule has 0 radical (unpaired) electrons. The van der Waals surface area contributed by atoms with Gasteiger partial charge in [-0.25, -0.2) is 0 Å². The van der Waals surface area contributed by atoms with Crippen LogP contribution in [0.1, 0.15) is 0 Å². The molecule has 0 aliphatic rings. The molecule has 0 atom stereocenters. The minimum Gasteiger partial charge on any atom is -0.455 e. The molecule has 0 unspecified atom stereocenters. The first-order valence-corrected chi connectivity index (χ1v) is 17.6. The van der Waals surface area contributed by atoms with E-state index in [-0.39, 0.29) is 0 Å². The molecule has 236 valence electrons. The quantitative estimate of drug-likeness (QED) is 0.174. The van der Waals surface area contributed by atoms with Crippen molar-refractivity contribution in [3.05, 3.63) is 182 Å². The minimum absolute atomic E-state index is 0.940. The Hall–Kier alpha value is -6.70. The van der Waals surface area contributed by atoms with Crippen LogP contribution in [0.25, 0.3) is 109 Å². The van der Waals surface area contributed by atoms with Gasteiger partial charge in [0.05, 0.1) is 0 Å². The Morgan fingerprint density at radius 3 is 1.43 bits per heavy atom. The van der Waals surface area contributed by atoms with Gasteiger partial charge in [0.15, 0.2) is 0 Å². The molecule has 0 saturated carbocycles. The Balaban J connectivity index is 1.21. The van der Waals surface area contributed by atoms with Crippen molar-refractivity contribution >= 4 is 75.8 Å². The molecule has 0 bridgehead atoms. The van der Waals surface area contributed by atoms with Crippen LogP contribution in [0.2, 0.25) is 0 Å². The topological polar surface area (TPSA) is 13.1 Å². The third-order valence-electron chi connectivity index (χ3n) is 10.8. The Morgan fingerprint density at radius 1 is 0.275 bits per heavy atom. The maximum absolute atomic E-state index is 6.93. The van der Waals surface area contributed by atoms with Gasteiger partial charge in [-0.1, -0.05) is 170 Å². The highest BCUT2D eigenvalue weighted by Crippen LogP contribution is 2.49. The zero-order valence-corrected chi connectivity index (χ0v) is 27.7. The Morgan fingerprint density at radius 2 is 0.765 bits per heavy atom. The molecule has 11 aromatic rings. The largest absolute Gasteiger partial charge is 0.455 e. The van der Waals surface area contributed by atoms with Crippen molar-refractivity contribution in [2.75, 3.05) is 0 Å². The SMILES string of the molecule is c1ccc2c(-c3ccc(-c4c5ccccc5c(-c5cc6ccccc6c6oc7c8ccccc8ccc7c56)c5ccccc45)cc3)cccc2c1. The lowest BCUT2D eigenvalue weighted by Crippen LogP contribution is -1.92. The Labute approximate surface area is 294 Å². The second-order valence-electron chi connectivity index (χ2n) is 13.6. The van der Waals surface area contributed by atoms with Crippen LogP contribution in [-0.2, 0) is 0 Å². The smallest absolute Gasteiger partial charge is 0.143 e. The maximum atomic E-state index is 6.93. The van der Waals surface area contributed by atoms with Gasteiger partial charge in [-0.15, -0.1) is 0 Å². The third kappa shape index (κ3) is 4.16. The van der Waals surface area contributed by atoms with Crippen LogP contribution >= 0.6 is 0 Å². The molecular formula is C50H30O. The van der Waals surface area contributed by atoms with Gasteiger partial charge in [0.25, 0.3) is 0 Å². The van der Waals surface area contributed by atoms with Crippen molar-refractivity contribution in [1.29, 1.82) is 0 Å². The molecule has 0 amide bonds. The predicted molar refractivity (Wildman–Crippen MR) is 218 cm³/mol. The molecule has 1 nitrogen and oxygen atoms in total. The highest BCUT2D eigenvalue weighted by molar-refractivity contribution is 6.30. The number of furan rings is 1. The van der Waals surface area contributed by atoms with Gasteiger partial charge in [-0.2, -0.15) is 0 Å². The van der Waals surface area contributed by atoms with Gasteiger partial charge in [0, 0.05) is 21.5 Å². The average molecular weight is 647 g/mol. The molecule has 10 aromatic carbocycles. The second kappa shape index (κ2) is 10.9. The van der Waals surface area contributed by atoms with Gasteiger partial charge in [0.2, 0.25) is 0 Å². The lowest BCUT2D eigenvalue weighted by atomic mass is 9.84. The van der Waals surface area contributed by atoms with Crippen molar-refractivity contribution in [2.45, 2.75) is 0 Å². The molecule has 0 aliphatic carbocycles. The molecule has 0 aliphatic heterocycles. The first-order valence-electron chi connectivity index (χ1n) is 17.6. The molecular weight excluding hydrogens is 617 g/mol. The normalized spacial score (nSPS) is 11.9. The van der Waals surface area contributed by atoms with Gasteiger partial charge in [-0.3, -0.25) is 0 Å². The van der Waals surface area contributed by atoms with E-state index in [1.165, 1.54) is 76.5 Å². The fourth-order valence-corrected chi connectivity index (χ4v) is 8.56. The molecule has 1 heteroatoms. The summed E-state index contributed by atoms with van der Waals surface area (Å²) in [5, 5.41) is 14.4. The van der Waals surface area contributed by atoms with E-state index in [1.54, 1.807) is 0 Å². The van der Waals surface area contributed by atoms with Crippen molar-refractivity contribution in [1.82, 2.24) is 0 Å². The first-order chi connectivity index (χ1) is 25.3. The van der Waals surface area contributed by atoms with E-state index >= 15 is 0 Å². The summed E-state index contributed by atoms with van der Waals surface area (Å²) in [5.41, 5.74) is 9.26. The van der Waals surface area contributed by atoms with E-state index in [1.807, 2.05) is 0 Å². The van der Waals surface area contributed by atoms with Crippen LogP contribution in [-0.4, -0.2) is 0 Å². The molecule has 0 fully saturated rings. The lowest BCUT2D eigenvalue weighted by Gasteiger charge is -2.19. The Bertz CT molecular complexity index is 3120. The summed E-state index contributed by atoms with van der Waals surface area (Å²) in [6, 6.07) is 66.2. The summed E-state index contributed by atoms with van der Waals surface area (Å²) in [4.78, 5) is 0. The van der Waals surface area contributed by atoms with Crippen LogP contribution in [0, 0.1) is 0 Å². The van der Waals surface area contributed by atoms with Crippen molar-refractivity contribution in [2.24, 2.45) is 0 Å². The minimum atomic E-state index is 0.940. The zero-order valence-electron chi connectivity index (χ0n) is 27.7. The highest BCUT2D eigenvalue weighted by atomic mass is 16.3. The van der Waals surface area contributed by atoms with E-state index in [0.29, 0.717) is 0 Å². The number of hydrogen-bond donors (Lipinski definition) is 0. The predicted octanol–water partition coefficient (Wildman–Crippen LogP) is 14.4. The van der Waals surface area contributed by atoms with E-state index in [0.717, 1.165) is 32.7 Å². The molecule has 1 heterocycles. The molecule has 1 aromatic heterocycles. The van der Waals surface area contributed by atoms with Crippen LogP contribution < -0.4 is 0 Å². The third-order valence-corrected chi connectivity index (χ3v) is 10.8. The molecule has 0 saturated heterocycles. The summed E-state index contributed by atoms with van der Waals surface area (Å²) in [6.07, 6.45) is 0. The highest BCUT2D eigenvalue weighted by Gasteiger charge is 2.22. The maximum Gasteiger partial charge on any atom is 0.143 e. The number of rotatable bonds is 3. The summed E-state index contributed by atoms with van der Waals surface area (Å²) in [5.74, 6) is 0.